The van der Waals surface area contributed by atoms with Crippen LogP contribution in [0.4, 0.5) is 5.69 Å². The van der Waals surface area contributed by atoms with Crippen LogP contribution in [0.3, 0.4) is 0 Å². The Bertz CT molecular complexity index is 569. The number of nitro groups is 1. The first-order chi connectivity index (χ1) is 13.1. The number of aliphatic imine (C=N–C) groups is 1. The summed E-state index contributed by atoms with van der Waals surface area (Å²) in [5, 5.41) is 17.3. The van der Waals surface area contributed by atoms with Gasteiger partial charge in [-0.25, -0.2) is 0 Å². The van der Waals surface area contributed by atoms with Gasteiger partial charge in [-0.2, -0.15) is 0 Å². The Morgan fingerprint density at radius 1 is 1.14 bits per heavy atom. The van der Waals surface area contributed by atoms with Gasteiger partial charge in [-0.3, -0.25) is 15.1 Å². The molecule has 8 nitrogen and oxygen atoms in total. The van der Waals surface area contributed by atoms with Crippen molar-refractivity contribution in [1.82, 2.24) is 15.5 Å². The number of hydrogen-bond acceptors (Lipinski definition) is 5. The van der Waals surface area contributed by atoms with Crippen molar-refractivity contribution in [2.24, 2.45) is 4.99 Å². The van der Waals surface area contributed by atoms with Crippen LogP contribution < -0.4 is 10.6 Å². The molecule has 0 saturated heterocycles. The molecule has 0 aromatic heterocycles. The number of halogens is 1. The van der Waals surface area contributed by atoms with Crippen molar-refractivity contribution in [3.05, 3.63) is 39.9 Å². The van der Waals surface area contributed by atoms with E-state index < -0.39 is 0 Å². The number of likely N-dealkylation sites (N-methyl/N-ethyl adjacent to an activating group) is 1. The molecular weight excluding hydrogens is 473 g/mol. The number of methoxy groups -OCH3 is 1. The Morgan fingerprint density at radius 2 is 1.82 bits per heavy atom. The van der Waals surface area contributed by atoms with Crippen molar-refractivity contribution in [3.8, 4) is 0 Å². The highest BCUT2D eigenvalue weighted by Crippen LogP contribution is 2.13. The van der Waals surface area contributed by atoms with Crippen LogP contribution in [0.25, 0.3) is 0 Å². The average Bonchev–Trinajstić information content (AvgIpc) is 2.67. The number of guanidine groups is 1. The van der Waals surface area contributed by atoms with E-state index in [0.717, 1.165) is 70.0 Å². The zero-order chi connectivity index (χ0) is 19.9. The van der Waals surface area contributed by atoms with Crippen LogP contribution in [0.1, 0.15) is 24.8 Å². The number of nitrogens with one attached hydrogen (secondary N) is 2. The number of benzene rings is 1. The summed E-state index contributed by atoms with van der Waals surface area (Å²) in [5.41, 5.74) is 1.26. The zero-order valence-corrected chi connectivity index (χ0v) is 19.5. The fourth-order valence-corrected chi connectivity index (χ4v) is 2.62. The van der Waals surface area contributed by atoms with Crippen LogP contribution in [0.5, 0.6) is 0 Å². The van der Waals surface area contributed by atoms with Crippen molar-refractivity contribution >= 4 is 35.6 Å². The summed E-state index contributed by atoms with van der Waals surface area (Å²) in [5.74, 6) is 0.815. The van der Waals surface area contributed by atoms with Crippen LogP contribution in [0, 0.1) is 10.1 Å². The fraction of sp³-hybridized carbons (Fsp3) is 0.632. The Labute approximate surface area is 185 Å². The van der Waals surface area contributed by atoms with E-state index in [1.807, 2.05) is 12.1 Å². The van der Waals surface area contributed by atoms with Crippen LogP contribution >= 0.6 is 24.0 Å². The third kappa shape index (κ3) is 12.1. The van der Waals surface area contributed by atoms with E-state index in [4.69, 9.17) is 4.74 Å². The quantitative estimate of drug-likeness (QED) is 0.107. The largest absolute Gasteiger partial charge is 0.385 e. The Kier molecular flexibility index (Phi) is 15.6. The SMILES string of the molecule is CN=C(NCCCCc1ccc([N+](=O)[O-])cc1)NCCN(C)CCCOC.I. The van der Waals surface area contributed by atoms with Crippen molar-refractivity contribution in [1.29, 1.82) is 0 Å². The lowest BCUT2D eigenvalue weighted by Gasteiger charge is -2.18. The monoisotopic (exact) mass is 507 g/mol. The van der Waals surface area contributed by atoms with E-state index in [1.165, 1.54) is 0 Å². The van der Waals surface area contributed by atoms with Gasteiger partial charge < -0.3 is 20.3 Å². The number of rotatable bonds is 13. The molecule has 0 saturated carbocycles. The molecule has 2 N–H and O–H groups in total. The summed E-state index contributed by atoms with van der Waals surface area (Å²) in [6, 6.07) is 6.78. The first-order valence-corrected chi connectivity index (χ1v) is 9.42. The van der Waals surface area contributed by atoms with Crippen molar-refractivity contribution in [2.45, 2.75) is 25.7 Å². The standard InChI is InChI=1S/C19H33N5O3.HI/c1-20-19(22-13-15-23(2)14-6-16-27-3)21-12-5-4-7-17-8-10-18(11-9-17)24(25)26;/h8-11H,4-7,12-16H2,1-3H3,(H2,20,21,22);1H. The molecule has 0 aliphatic rings. The Balaban J connectivity index is 0.00000729. The molecule has 0 amide bonds. The molecule has 0 heterocycles. The lowest BCUT2D eigenvalue weighted by Crippen LogP contribution is -2.41. The highest BCUT2D eigenvalue weighted by molar-refractivity contribution is 14.0. The molecule has 0 unspecified atom stereocenters. The second-order valence-corrected chi connectivity index (χ2v) is 6.46. The smallest absolute Gasteiger partial charge is 0.269 e. The minimum atomic E-state index is -0.371. The van der Waals surface area contributed by atoms with Gasteiger partial charge in [0.15, 0.2) is 5.96 Å². The molecule has 0 spiro atoms. The molecule has 0 radical (unpaired) electrons. The number of ether oxygens (including phenoxy) is 1. The summed E-state index contributed by atoms with van der Waals surface area (Å²) < 4.78 is 5.06. The molecular formula is C19H34IN5O3. The van der Waals surface area contributed by atoms with E-state index in [2.05, 4.69) is 27.6 Å². The molecule has 28 heavy (non-hydrogen) atoms. The molecule has 160 valence electrons. The second kappa shape index (κ2) is 16.5. The number of nitrogens with zero attached hydrogens (tertiary/aromatic N) is 3. The fourth-order valence-electron chi connectivity index (χ4n) is 2.62. The van der Waals surface area contributed by atoms with Gasteiger partial charge in [-0.05, 0) is 38.3 Å². The summed E-state index contributed by atoms with van der Waals surface area (Å²) in [7, 11) is 5.60. The van der Waals surface area contributed by atoms with E-state index in [0.29, 0.717) is 0 Å². The first-order valence-electron chi connectivity index (χ1n) is 9.42. The molecule has 1 aromatic carbocycles. The maximum absolute atomic E-state index is 10.6. The molecule has 9 heteroatoms. The molecule has 0 bridgehead atoms. The summed E-state index contributed by atoms with van der Waals surface area (Å²) in [6.45, 7) is 4.44. The number of nitro benzene ring substituents is 1. The van der Waals surface area contributed by atoms with E-state index in [9.17, 15) is 10.1 Å². The lowest BCUT2D eigenvalue weighted by atomic mass is 10.1. The first kappa shape index (κ1) is 26.5. The summed E-state index contributed by atoms with van der Waals surface area (Å²) >= 11 is 0. The number of hydrogen-bond donors (Lipinski definition) is 2. The van der Waals surface area contributed by atoms with Gasteiger partial charge >= 0.3 is 0 Å². The van der Waals surface area contributed by atoms with Crippen LogP contribution in [-0.2, 0) is 11.2 Å². The Hall–Kier alpha value is -1.46. The normalized spacial score (nSPS) is 11.2. The van der Waals surface area contributed by atoms with Gasteiger partial charge in [0.25, 0.3) is 5.69 Å². The zero-order valence-electron chi connectivity index (χ0n) is 17.1. The van der Waals surface area contributed by atoms with Gasteiger partial charge in [-0.15, -0.1) is 24.0 Å². The maximum Gasteiger partial charge on any atom is 0.269 e. The van der Waals surface area contributed by atoms with Crippen LogP contribution in [-0.4, -0.2) is 69.8 Å². The highest BCUT2D eigenvalue weighted by atomic mass is 127. The van der Waals surface area contributed by atoms with Crippen LogP contribution in [0.2, 0.25) is 0 Å². The molecule has 0 fully saturated rings. The van der Waals surface area contributed by atoms with Crippen molar-refractivity contribution in [3.63, 3.8) is 0 Å². The lowest BCUT2D eigenvalue weighted by molar-refractivity contribution is -0.384. The predicted octanol–water partition coefficient (Wildman–Crippen LogP) is 2.67. The second-order valence-electron chi connectivity index (χ2n) is 6.46. The van der Waals surface area contributed by atoms with Crippen molar-refractivity contribution in [2.75, 3.05) is 54.0 Å². The number of unbranched alkanes of at least 4 members (excludes halogenated alkanes) is 1. The van der Waals surface area contributed by atoms with Gasteiger partial charge in [0.2, 0.25) is 0 Å². The highest BCUT2D eigenvalue weighted by Gasteiger charge is 2.04. The third-order valence-electron chi connectivity index (χ3n) is 4.23. The molecule has 0 atom stereocenters. The predicted molar refractivity (Wildman–Crippen MR) is 125 cm³/mol. The molecule has 1 aromatic rings. The van der Waals surface area contributed by atoms with Gasteiger partial charge in [0, 0.05) is 59.1 Å². The number of non-ortho nitro benzene ring substituents is 1. The molecule has 0 aliphatic heterocycles. The minimum Gasteiger partial charge on any atom is -0.385 e. The van der Waals surface area contributed by atoms with E-state index in [-0.39, 0.29) is 34.6 Å². The van der Waals surface area contributed by atoms with Gasteiger partial charge in [-0.1, -0.05) is 12.1 Å². The maximum atomic E-state index is 10.6. The third-order valence-corrected chi connectivity index (χ3v) is 4.23. The van der Waals surface area contributed by atoms with Crippen molar-refractivity contribution < 1.29 is 9.66 Å². The van der Waals surface area contributed by atoms with Gasteiger partial charge in [0.1, 0.15) is 0 Å². The van der Waals surface area contributed by atoms with Gasteiger partial charge in [0.05, 0.1) is 4.92 Å². The molecule has 1 rings (SSSR count). The van der Waals surface area contributed by atoms with Crippen LogP contribution in [0.15, 0.2) is 29.3 Å². The van der Waals surface area contributed by atoms with E-state index >= 15 is 0 Å². The number of aryl methyl sites for hydroxylation is 1. The Morgan fingerprint density at radius 3 is 2.43 bits per heavy atom. The summed E-state index contributed by atoms with van der Waals surface area (Å²) in [4.78, 5) is 16.8. The average molecular weight is 507 g/mol. The molecule has 0 aliphatic carbocycles. The van der Waals surface area contributed by atoms with E-state index in [1.54, 1.807) is 26.3 Å². The minimum absolute atomic E-state index is 0. The topological polar surface area (TPSA) is 92.0 Å². The summed E-state index contributed by atoms with van der Waals surface area (Å²) in [6.07, 6.45) is 3.98.